The summed E-state index contributed by atoms with van der Waals surface area (Å²) in [4.78, 5) is 25.3. The molecule has 1 heterocycles. The van der Waals surface area contributed by atoms with Gasteiger partial charge in [-0.25, -0.2) is 0 Å². The van der Waals surface area contributed by atoms with Gasteiger partial charge in [-0.15, -0.1) is 0 Å². The van der Waals surface area contributed by atoms with E-state index in [9.17, 15) is 9.59 Å². The van der Waals surface area contributed by atoms with E-state index in [0.29, 0.717) is 13.0 Å². The van der Waals surface area contributed by atoms with E-state index in [1.54, 1.807) is 6.92 Å². The fourth-order valence-electron chi connectivity index (χ4n) is 3.03. The summed E-state index contributed by atoms with van der Waals surface area (Å²) in [5, 5.41) is 2.73. The van der Waals surface area contributed by atoms with E-state index in [0.717, 1.165) is 18.9 Å². The monoisotopic (exact) mass is 252 g/mol. The molecule has 1 aliphatic carbocycles. The molecule has 0 aromatic rings. The molecular weight excluding hydrogens is 228 g/mol. The minimum absolute atomic E-state index is 0.00369. The van der Waals surface area contributed by atoms with Crippen molar-refractivity contribution in [1.29, 1.82) is 0 Å². The van der Waals surface area contributed by atoms with Gasteiger partial charge in [-0.3, -0.25) is 9.59 Å². The zero-order valence-corrected chi connectivity index (χ0v) is 11.3. The molecule has 1 atom stereocenters. The molecule has 2 rings (SSSR count). The maximum atomic E-state index is 12.1. The highest BCUT2D eigenvalue weighted by Crippen LogP contribution is 2.26. The Kier molecular flexibility index (Phi) is 4.61. The smallest absolute Gasteiger partial charge is 0.244 e. The average Bonchev–Trinajstić information content (AvgIpc) is 2.50. The van der Waals surface area contributed by atoms with Crippen molar-refractivity contribution in [3.8, 4) is 0 Å². The van der Waals surface area contributed by atoms with Crippen LogP contribution < -0.4 is 5.32 Å². The van der Waals surface area contributed by atoms with E-state index >= 15 is 0 Å². The molecule has 2 amide bonds. The van der Waals surface area contributed by atoms with Gasteiger partial charge in [-0.1, -0.05) is 32.1 Å². The number of nitrogens with one attached hydrogen (secondary N) is 1. The fraction of sp³-hybridized carbons (Fsp3) is 0.857. The first-order valence-electron chi connectivity index (χ1n) is 7.25. The van der Waals surface area contributed by atoms with Crippen molar-refractivity contribution < 1.29 is 9.59 Å². The summed E-state index contributed by atoms with van der Waals surface area (Å²) in [6, 6.07) is -0.355. The van der Waals surface area contributed by atoms with E-state index in [1.165, 1.54) is 32.1 Å². The van der Waals surface area contributed by atoms with Crippen LogP contribution in [0.3, 0.4) is 0 Å². The SMILES string of the molecule is CC1NC(=O)CCN(CCC2CCCCC2)C1=O. The van der Waals surface area contributed by atoms with Crippen LogP contribution in [0.2, 0.25) is 0 Å². The molecule has 1 N–H and O–H groups in total. The van der Waals surface area contributed by atoms with Crippen LogP contribution in [0, 0.1) is 5.92 Å². The molecule has 0 bridgehead atoms. The van der Waals surface area contributed by atoms with Gasteiger partial charge >= 0.3 is 0 Å². The second-order valence-corrected chi connectivity index (χ2v) is 5.66. The Morgan fingerprint density at radius 3 is 2.67 bits per heavy atom. The Balaban J connectivity index is 1.83. The lowest BCUT2D eigenvalue weighted by Crippen LogP contribution is -2.43. The lowest BCUT2D eigenvalue weighted by atomic mass is 9.87. The Morgan fingerprint density at radius 1 is 1.22 bits per heavy atom. The normalized spacial score (nSPS) is 26.9. The number of nitrogens with zero attached hydrogens (tertiary/aromatic N) is 1. The molecule has 1 saturated heterocycles. The molecule has 1 unspecified atom stereocenters. The number of hydrogen-bond acceptors (Lipinski definition) is 2. The summed E-state index contributed by atoms with van der Waals surface area (Å²) in [6.45, 7) is 3.18. The molecule has 4 heteroatoms. The Bertz CT molecular complexity index is 311. The van der Waals surface area contributed by atoms with Gasteiger partial charge in [0.05, 0.1) is 0 Å². The Morgan fingerprint density at radius 2 is 1.94 bits per heavy atom. The summed E-state index contributed by atoms with van der Waals surface area (Å²) >= 11 is 0. The third-order valence-electron chi connectivity index (χ3n) is 4.20. The van der Waals surface area contributed by atoms with Gasteiger partial charge in [0.2, 0.25) is 11.8 Å². The Labute approximate surface area is 109 Å². The summed E-state index contributed by atoms with van der Waals surface area (Å²) in [5.74, 6) is 0.862. The third kappa shape index (κ3) is 3.47. The fourth-order valence-corrected chi connectivity index (χ4v) is 3.03. The van der Waals surface area contributed by atoms with Crippen molar-refractivity contribution in [2.24, 2.45) is 5.92 Å². The minimum atomic E-state index is -0.355. The minimum Gasteiger partial charge on any atom is -0.345 e. The first-order chi connectivity index (χ1) is 8.66. The summed E-state index contributed by atoms with van der Waals surface area (Å²) in [7, 11) is 0. The standard InChI is InChI=1S/C14H24N2O2/c1-11-14(18)16(10-8-13(17)15-11)9-7-12-5-3-2-4-6-12/h11-12H,2-10H2,1H3,(H,15,17). The first kappa shape index (κ1) is 13.4. The lowest BCUT2D eigenvalue weighted by molar-refractivity contribution is -0.133. The maximum absolute atomic E-state index is 12.1. The molecule has 2 aliphatic rings. The van der Waals surface area contributed by atoms with Crippen molar-refractivity contribution in [1.82, 2.24) is 10.2 Å². The number of amides is 2. The van der Waals surface area contributed by atoms with Crippen LogP contribution in [0.25, 0.3) is 0 Å². The van der Waals surface area contributed by atoms with Crippen molar-refractivity contribution in [3.63, 3.8) is 0 Å². The molecule has 4 nitrogen and oxygen atoms in total. The van der Waals surface area contributed by atoms with Crippen LogP contribution in [0.15, 0.2) is 0 Å². The highest BCUT2D eigenvalue weighted by molar-refractivity contribution is 5.89. The molecule has 18 heavy (non-hydrogen) atoms. The van der Waals surface area contributed by atoms with Gasteiger partial charge in [-0.05, 0) is 19.3 Å². The molecule has 102 valence electrons. The highest BCUT2D eigenvalue weighted by atomic mass is 16.2. The van der Waals surface area contributed by atoms with Crippen LogP contribution in [-0.2, 0) is 9.59 Å². The molecule has 1 saturated carbocycles. The predicted octanol–water partition coefficient (Wildman–Crippen LogP) is 1.69. The van der Waals surface area contributed by atoms with Gasteiger partial charge in [0.25, 0.3) is 0 Å². The van der Waals surface area contributed by atoms with E-state index in [-0.39, 0.29) is 17.9 Å². The molecule has 0 spiro atoms. The molecule has 1 aliphatic heterocycles. The summed E-state index contributed by atoms with van der Waals surface area (Å²) < 4.78 is 0. The highest BCUT2D eigenvalue weighted by Gasteiger charge is 2.26. The van der Waals surface area contributed by atoms with Crippen LogP contribution in [0.5, 0.6) is 0 Å². The largest absolute Gasteiger partial charge is 0.345 e. The lowest BCUT2D eigenvalue weighted by Gasteiger charge is -2.27. The second-order valence-electron chi connectivity index (χ2n) is 5.66. The topological polar surface area (TPSA) is 49.4 Å². The van der Waals surface area contributed by atoms with Gasteiger partial charge in [0.15, 0.2) is 0 Å². The molecular formula is C14H24N2O2. The quantitative estimate of drug-likeness (QED) is 0.831. The van der Waals surface area contributed by atoms with Crippen molar-refractivity contribution in [3.05, 3.63) is 0 Å². The van der Waals surface area contributed by atoms with Crippen LogP contribution in [0.4, 0.5) is 0 Å². The van der Waals surface area contributed by atoms with Crippen LogP contribution in [-0.4, -0.2) is 35.8 Å². The summed E-state index contributed by atoms with van der Waals surface area (Å²) in [6.07, 6.45) is 8.23. The third-order valence-corrected chi connectivity index (χ3v) is 4.20. The molecule has 0 aromatic heterocycles. The van der Waals surface area contributed by atoms with Crippen molar-refractivity contribution >= 4 is 11.8 Å². The van der Waals surface area contributed by atoms with Crippen LogP contribution >= 0.6 is 0 Å². The molecule has 0 aromatic carbocycles. The first-order valence-corrected chi connectivity index (χ1v) is 7.25. The molecule has 0 radical (unpaired) electrons. The van der Waals surface area contributed by atoms with Crippen molar-refractivity contribution in [2.45, 2.75) is 57.9 Å². The zero-order chi connectivity index (χ0) is 13.0. The maximum Gasteiger partial charge on any atom is 0.244 e. The second kappa shape index (κ2) is 6.21. The number of hydrogen-bond donors (Lipinski definition) is 1. The Hall–Kier alpha value is -1.06. The van der Waals surface area contributed by atoms with Gasteiger partial charge in [0.1, 0.15) is 6.04 Å². The van der Waals surface area contributed by atoms with E-state index in [2.05, 4.69) is 5.32 Å². The van der Waals surface area contributed by atoms with E-state index in [1.807, 2.05) is 4.90 Å². The predicted molar refractivity (Wildman–Crippen MR) is 70.0 cm³/mol. The number of rotatable bonds is 3. The van der Waals surface area contributed by atoms with Crippen LogP contribution in [0.1, 0.15) is 51.9 Å². The van der Waals surface area contributed by atoms with Crippen molar-refractivity contribution in [2.75, 3.05) is 13.1 Å². The van der Waals surface area contributed by atoms with Gasteiger partial charge in [-0.2, -0.15) is 0 Å². The molecule has 2 fully saturated rings. The average molecular weight is 252 g/mol. The number of carbonyl (C=O) groups is 2. The van der Waals surface area contributed by atoms with Gasteiger partial charge in [0, 0.05) is 19.5 Å². The number of carbonyl (C=O) groups excluding carboxylic acids is 2. The zero-order valence-electron chi connectivity index (χ0n) is 11.3. The van der Waals surface area contributed by atoms with E-state index in [4.69, 9.17) is 0 Å². The van der Waals surface area contributed by atoms with E-state index < -0.39 is 0 Å². The summed E-state index contributed by atoms with van der Waals surface area (Å²) in [5.41, 5.74) is 0. The van der Waals surface area contributed by atoms with Gasteiger partial charge < -0.3 is 10.2 Å².